The minimum Gasteiger partial charge on any atom is -0.507 e. The highest BCUT2D eigenvalue weighted by molar-refractivity contribution is 6.02. The Morgan fingerprint density at radius 2 is 2.00 bits per heavy atom. The van der Waals surface area contributed by atoms with Crippen LogP contribution in [-0.4, -0.2) is 67.6 Å². The molecule has 0 radical (unpaired) electrons. The third-order valence-electron chi connectivity index (χ3n) is 3.47. The van der Waals surface area contributed by atoms with Gasteiger partial charge in [0, 0.05) is 26.2 Å². The molecule has 0 unspecified atom stereocenters. The number of rotatable bonds is 4. The third kappa shape index (κ3) is 3.24. The molecule has 0 amide bonds. The van der Waals surface area contributed by atoms with E-state index in [4.69, 9.17) is 4.74 Å². The number of carbonyl (C=O) groups excluding carboxylic acids is 1. The first kappa shape index (κ1) is 13.8. The van der Waals surface area contributed by atoms with Crippen LogP contribution in [-0.2, 0) is 0 Å². The van der Waals surface area contributed by atoms with Crippen LogP contribution in [0, 0.1) is 0 Å². The molecule has 1 aromatic rings. The lowest BCUT2D eigenvalue weighted by Gasteiger charge is -2.31. The highest BCUT2D eigenvalue weighted by atomic mass is 16.5. The van der Waals surface area contributed by atoms with Gasteiger partial charge < -0.3 is 14.7 Å². The molecule has 1 heterocycles. The van der Waals surface area contributed by atoms with Gasteiger partial charge in [-0.3, -0.25) is 9.69 Å². The number of hydrogen-bond acceptors (Lipinski definition) is 5. The van der Waals surface area contributed by atoms with Crippen LogP contribution < -0.4 is 4.74 Å². The number of benzene rings is 1. The number of carbonyl (C=O) groups is 1. The van der Waals surface area contributed by atoms with Gasteiger partial charge in [-0.1, -0.05) is 6.07 Å². The largest absolute Gasteiger partial charge is 0.507 e. The molecule has 1 aromatic carbocycles. The molecule has 104 valence electrons. The Labute approximate surface area is 113 Å². The molecule has 0 aromatic heterocycles. The first-order chi connectivity index (χ1) is 9.11. The Hall–Kier alpha value is -1.59. The van der Waals surface area contributed by atoms with Crippen LogP contribution >= 0.6 is 0 Å². The zero-order valence-electron chi connectivity index (χ0n) is 11.4. The number of methoxy groups -OCH3 is 1. The molecule has 0 bridgehead atoms. The molecule has 5 heteroatoms. The molecule has 1 saturated heterocycles. The van der Waals surface area contributed by atoms with E-state index in [1.165, 1.54) is 13.2 Å². The Morgan fingerprint density at radius 1 is 1.32 bits per heavy atom. The van der Waals surface area contributed by atoms with E-state index in [0.717, 1.165) is 26.2 Å². The topological polar surface area (TPSA) is 53.0 Å². The standard InChI is InChI=1S/C14H20N2O3/c1-15-6-8-16(9-7-15)10-12(18)14-11(17)4-3-5-13(14)19-2/h3-5,17H,6-10H2,1-2H3. The van der Waals surface area contributed by atoms with E-state index >= 15 is 0 Å². The van der Waals surface area contributed by atoms with Gasteiger partial charge in [0.1, 0.15) is 17.1 Å². The Bertz CT molecular complexity index is 454. The molecular weight excluding hydrogens is 244 g/mol. The summed E-state index contributed by atoms with van der Waals surface area (Å²) in [7, 11) is 3.58. The summed E-state index contributed by atoms with van der Waals surface area (Å²) < 4.78 is 5.15. The number of hydrogen-bond donors (Lipinski definition) is 1. The van der Waals surface area contributed by atoms with E-state index in [9.17, 15) is 9.90 Å². The fraction of sp³-hybridized carbons (Fsp3) is 0.500. The van der Waals surface area contributed by atoms with Gasteiger partial charge >= 0.3 is 0 Å². The molecule has 19 heavy (non-hydrogen) atoms. The molecule has 2 rings (SSSR count). The lowest BCUT2D eigenvalue weighted by atomic mass is 10.1. The Kier molecular flexibility index (Phi) is 4.39. The maximum Gasteiger partial charge on any atom is 0.184 e. The van der Waals surface area contributed by atoms with Crippen LogP contribution in [0.2, 0.25) is 0 Å². The Balaban J connectivity index is 2.08. The van der Waals surface area contributed by atoms with Crippen molar-refractivity contribution in [3.8, 4) is 11.5 Å². The van der Waals surface area contributed by atoms with Crippen LogP contribution in [0.1, 0.15) is 10.4 Å². The van der Waals surface area contributed by atoms with Gasteiger partial charge in [-0.25, -0.2) is 0 Å². The van der Waals surface area contributed by atoms with Crippen molar-refractivity contribution < 1.29 is 14.6 Å². The maximum absolute atomic E-state index is 12.3. The zero-order chi connectivity index (χ0) is 13.8. The van der Waals surface area contributed by atoms with Crippen LogP contribution in [0.3, 0.4) is 0 Å². The van der Waals surface area contributed by atoms with Gasteiger partial charge in [-0.05, 0) is 19.2 Å². The van der Waals surface area contributed by atoms with Crippen molar-refractivity contribution in [1.82, 2.24) is 9.80 Å². The van der Waals surface area contributed by atoms with Gasteiger partial charge in [0.2, 0.25) is 0 Å². The number of ether oxygens (including phenoxy) is 1. The first-order valence-corrected chi connectivity index (χ1v) is 6.42. The smallest absolute Gasteiger partial charge is 0.184 e. The number of phenolic OH excluding ortho intramolecular Hbond substituents is 1. The SMILES string of the molecule is COc1cccc(O)c1C(=O)CN1CCN(C)CC1. The molecule has 0 spiro atoms. The van der Waals surface area contributed by atoms with Gasteiger partial charge in [0.05, 0.1) is 13.7 Å². The molecule has 5 nitrogen and oxygen atoms in total. The first-order valence-electron chi connectivity index (χ1n) is 6.42. The van der Waals surface area contributed by atoms with Crippen molar-refractivity contribution in [2.75, 3.05) is 46.9 Å². The monoisotopic (exact) mass is 264 g/mol. The van der Waals surface area contributed by atoms with Crippen molar-refractivity contribution in [3.05, 3.63) is 23.8 Å². The summed E-state index contributed by atoms with van der Waals surface area (Å²) in [6, 6.07) is 4.87. The van der Waals surface area contributed by atoms with Gasteiger partial charge in [0.25, 0.3) is 0 Å². The fourth-order valence-corrected chi connectivity index (χ4v) is 2.26. The number of aromatic hydroxyl groups is 1. The second-order valence-corrected chi connectivity index (χ2v) is 4.86. The summed E-state index contributed by atoms with van der Waals surface area (Å²) in [5.74, 6) is 0.317. The summed E-state index contributed by atoms with van der Waals surface area (Å²) in [5, 5.41) is 9.84. The summed E-state index contributed by atoms with van der Waals surface area (Å²) >= 11 is 0. The normalized spacial score (nSPS) is 17.4. The maximum atomic E-state index is 12.3. The van der Waals surface area contributed by atoms with Gasteiger partial charge in [-0.2, -0.15) is 0 Å². The van der Waals surface area contributed by atoms with E-state index in [0.29, 0.717) is 12.3 Å². The number of Topliss-reactive ketones (excluding diaryl/α,β-unsaturated/α-hetero) is 1. The molecule has 1 aliphatic rings. The molecule has 0 atom stereocenters. The molecule has 0 aliphatic carbocycles. The summed E-state index contributed by atoms with van der Waals surface area (Å²) in [4.78, 5) is 16.6. The van der Waals surface area contributed by atoms with E-state index in [1.54, 1.807) is 12.1 Å². The molecule has 1 N–H and O–H groups in total. The molecule has 0 saturated carbocycles. The zero-order valence-corrected chi connectivity index (χ0v) is 11.4. The van der Waals surface area contributed by atoms with E-state index in [-0.39, 0.29) is 17.1 Å². The van der Waals surface area contributed by atoms with E-state index in [2.05, 4.69) is 16.8 Å². The summed E-state index contributed by atoms with van der Waals surface area (Å²) in [5.41, 5.74) is 0.281. The average molecular weight is 264 g/mol. The van der Waals surface area contributed by atoms with E-state index in [1.807, 2.05) is 0 Å². The lowest BCUT2D eigenvalue weighted by molar-refractivity contribution is 0.0871. The van der Waals surface area contributed by atoms with Crippen molar-refractivity contribution in [3.63, 3.8) is 0 Å². The van der Waals surface area contributed by atoms with Crippen LogP contribution in [0.15, 0.2) is 18.2 Å². The van der Waals surface area contributed by atoms with Crippen molar-refractivity contribution >= 4 is 5.78 Å². The summed E-state index contributed by atoms with van der Waals surface area (Å²) in [6.45, 7) is 3.99. The minimum absolute atomic E-state index is 0.0153. The average Bonchev–Trinajstić information content (AvgIpc) is 2.40. The van der Waals surface area contributed by atoms with Crippen LogP contribution in [0.4, 0.5) is 0 Å². The highest BCUT2D eigenvalue weighted by Gasteiger charge is 2.21. The lowest BCUT2D eigenvalue weighted by Crippen LogP contribution is -2.46. The van der Waals surface area contributed by atoms with Gasteiger partial charge in [-0.15, -0.1) is 0 Å². The highest BCUT2D eigenvalue weighted by Crippen LogP contribution is 2.27. The number of likely N-dealkylation sites (N-methyl/N-ethyl adjacent to an activating group) is 1. The number of phenols is 1. The minimum atomic E-state index is -0.0977. The molecular formula is C14H20N2O3. The van der Waals surface area contributed by atoms with Crippen molar-refractivity contribution in [2.45, 2.75) is 0 Å². The van der Waals surface area contributed by atoms with Gasteiger partial charge in [0.15, 0.2) is 5.78 Å². The van der Waals surface area contributed by atoms with Crippen LogP contribution in [0.25, 0.3) is 0 Å². The van der Waals surface area contributed by atoms with Crippen molar-refractivity contribution in [1.29, 1.82) is 0 Å². The molecule has 1 fully saturated rings. The predicted octanol–water partition coefficient (Wildman–Crippen LogP) is 0.831. The van der Waals surface area contributed by atoms with E-state index < -0.39 is 0 Å². The number of piperazine rings is 1. The second-order valence-electron chi connectivity index (χ2n) is 4.86. The fourth-order valence-electron chi connectivity index (χ4n) is 2.26. The number of ketones is 1. The van der Waals surface area contributed by atoms with Crippen molar-refractivity contribution in [2.24, 2.45) is 0 Å². The third-order valence-corrected chi connectivity index (χ3v) is 3.47. The number of nitrogens with zero attached hydrogens (tertiary/aromatic N) is 2. The molecule has 1 aliphatic heterocycles. The quantitative estimate of drug-likeness (QED) is 0.816. The summed E-state index contributed by atoms with van der Waals surface area (Å²) in [6.07, 6.45) is 0. The second kappa shape index (κ2) is 6.04. The Morgan fingerprint density at radius 3 is 2.63 bits per heavy atom. The van der Waals surface area contributed by atoms with Crippen LogP contribution in [0.5, 0.6) is 11.5 Å². The predicted molar refractivity (Wildman–Crippen MR) is 72.9 cm³/mol.